The predicted octanol–water partition coefficient (Wildman–Crippen LogP) is 3.38. The molecular weight excluding hydrogens is 346 g/mol. The average Bonchev–Trinajstić information content (AvgIpc) is 3.14. The summed E-state index contributed by atoms with van der Waals surface area (Å²) in [5.74, 6) is -0.0596. The van der Waals surface area contributed by atoms with Crippen molar-refractivity contribution in [3.05, 3.63) is 69.6 Å². The van der Waals surface area contributed by atoms with Crippen molar-refractivity contribution >= 4 is 22.2 Å². The SMILES string of the molecule is O=C(c1cc(=O)nc2sccn12)N1CCCC[C@H]1CCc1ccccc1. The van der Waals surface area contributed by atoms with Crippen LogP contribution in [-0.4, -0.2) is 32.8 Å². The highest BCUT2D eigenvalue weighted by molar-refractivity contribution is 7.15. The lowest BCUT2D eigenvalue weighted by Gasteiger charge is -2.36. The molecule has 0 N–H and O–H groups in total. The molecule has 0 unspecified atom stereocenters. The number of piperidine rings is 1. The van der Waals surface area contributed by atoms with Crippen molar-refractivity contribution in [1.82, 2.24) is 14.3 Å². The molecule has 1 saturated heterocycles. The number of likely N-dealkylation sites (tertiary alicyclic amines) is 1. The van der Waals surface area contributed by atoms with Gasteiger partial charge in [-0.1, -0.05) is 30.3 Å². The molecule has 2 aromatic heterocycles. The molecule has 134 valence electrons. The van der Waals surface area contributed by atoms with Crippen LogP contribution in [-0.2, 0) is 6.42 Å². The van der Waals surface area contributed by atoms with Gasteiger partial charge in [-0.25, -0.2) is 0 Å². The summed E-state index contributed by atoms with van der Waals surface area (Å²) in [6, 6.07) is 12.0. The van der Waals surface area contributed by atoms with Crippen LogP contribution in [0.5, 0.6) is 0 Å². The van der Waals surface area contributed by atoms with E-state index in [0.717, 1.165) is 38.6 Å². The molecule has 1 amide bonds. The number of benzene rings is 1. The van der Waals surface area contributed by atoms with Crippen molar-refractivity contribution in [2.45, 2.75) is 38.1 Å². The third-order valence-electron chi connectivity index (χ3n) is 5.03. The Labute approximate surface area is 155 Å². The number of carbonyl (C=O) groups excluding carboxylic acids is 1. The first-order valence-corrected chi connectivity index (χ1v) is 9.92. The van der Waals surface area contributed by atoms with Crippen LogP contribution in [0.15, 0.2) is 52.8 Å². The van der Waals surface area contributed by atoms with Gasteiger partial charge in [0.2, 0.25) is 0 Å². The topological polar surface area (TPSA) is 54.7 Å². The molecular formula is C20H21N3O2S. The van der Waals surface area contributed by atoms with Crippen LogP contribution >= 0.6 is 11.3 Å². The van der Waals surface area contributed by atoms with Crippen molar-refractivity contribution in [3.8, 4) is 0 Å². The monoisotopic (exact) mass is 367 g/mol. The zero-order valence-electron chi connectivity index (χ0n) is 14.5. The van der Waals surface area contributed by atoms with Gasteiger partial charge in [0.15, 0.2) is 4.96 Å². The highest BCUT2D eigenvalue weighted by Gasteiger charge is 2.28. The van der Waals surface area contributed by atoms with Crippen LogP contribution in [0.25, 0.3) is 4.96 Å². The van der Waals surface area contributed by atoms with Gasteiger partial charge in [0, 0.05) is 30.2 Å². The second kappa shape index (κ2) is 7.41. The molecule has 26 heavy (non-hydrogen) atoms. The van der Waals surface area contributed by atoms with E-state index in [1.165, 1.54) is 23.0 Å². The summed E-state index contributed by atoms with van der Waals surface area (Å²) in [5.41, 5.74) is 1.37. The number of hydrogen-bond acceptors (Lipinski definition) is 4. The average molecular weight is 367 g/mol. The minimum absolute atomic E-state index is 0.0596. The van der Waals surface area contributed by atoms with E-state index in [1.54, 1.807) is 4.40 Å². The van der Waals surface area contributed by atoms with Crippen molar-refractivity contribution in [3.63, 3.8) is 0 Å². The Balaban J connectivity index is 1.58. The first kappa shape index (κ1) is 17.0. The smallest absolute Gasteiger partial charge is 0.274 e. The van der Waals surface area contributed by atoms with Gasteiger partial charge in [0.1, 0.15) is 5.69 Å². The zero-order chi connectivity index (χ0) is 17.9. The van der Waals surface area contributed by atoms with Crippen LogP contribution < -0.4 is 5.56 Å². The highest BCUT2D eigenvalue weighted by Crippen LogP contribution is 2.24. The summed E-state index contributed by atoms with van der Waals surface area (Å²) in [7, 11) is 0. The zero-order valence-corrected chi connectivity index (χ0v) is 15.3. The number of hydrogen-bond donors (Lipinski definition) is 0. The van der Waals surface area contributed by atoms with E-state index in [-0.39, 0.29) is 17.5 Å². The minimum atomic E-state index is -0.353. The first-order valence-electron chi connectivity index (χ1n) is 9.04. The molecule has 1 atom stereocenters. The number of nitrogens with zero attached hydrogens (tertiary/aromatic N) is 3. The van der Waals surface area contributed by atoms with Gasteiger partial charge >= 0.3 is 0 Å². The Kier molecular flexibility index (Phi) is 4.84. The fraction of sp³-hybridized carbons (Fsp3) is 0.350. The molecule has 0 bridgehead atoms. The maximum Gasteiger partial charge on any atom is 0.274 e. The molecule has 5 nitrogen and oxygen atoms in total. The van der Waals surface area contributed by atoms with Gasteiger partial charge in [0.25, 0.3) is 11.5 Å². The second-order valence-corrected chi connectivity index (χ2v) is 7.58. The van der Waals surface area contributed by atoms with Crippen LogP contribution in [0.1, 0.15) is 41.7 Å². The summed E-state index contributed by atoms with van der Waals surface area (Å²) in [5, 5.41) is 1.85. The van der Waals surface area contributed by atoms with Crippen LogP contribution in [0.4, 0.5) is 0 Å². The van der Waals surface area contributed by atoms with E-state index in [1.807, 2.05) is 22.5 Å². The van der Waals surface area contributed by atoms with Crippen molar-refractivity contribution in [2.75, 3.05) is 6.54 Å². The van der Waals surface area contributed by atoms with Crippen molar-refractivity contribution in [1.29, 1.82) is 0 Å². The molecule has 0 radical (unpaired) electrons. The second-order valence-electron chi connectivity index (χ2n) is 6.71. The molecule has 1 fully saturated rings. The molecule has 4 rings (SSSR count). The Morgan fingerprint density at radius 1 is 1.23 bits per heavy atom. The van der Waals surface area contributed by atoms with Crippen molar-refractivity contribution < 1.29 is 4.79 Å². The van der Waals surface area contributed by atoms with Crippen molar-refractivity contribution in [2.24, 2.45) is 0 Å². The molecule has 1 aliphatic heterocycles. The third kappa shape index (κ3) is 3.42. The maximum absolute atomic E-state index is 13.2. The van der Waals surface area contributed by atoms with E-state index >= 15 is 0 Å². The maximum atomic E-state index is 13.2. The molecule has 1 aliphatic rings. The van der Waals surface area contributed by atoms with Crippen LogP contribution in [0.2, 0.25) is 0 Å². The summed E-state index contributed by atoms with van der Waals surface area (Å²) in [4.78, 5) is 31.6. The standard InChI is InChI=1S/C20H21N3O2S/c24-18-14-17(23-12-13-26-20(23)21-18)19(25)22-11-5-4-8-16(22)10-9-15-6-2-1-3-7-15/h1-3,6-7,12-14,16H,4-5,8-11H2/t16-/m0/s1. The van der Waals surface area contributed by atoms with E-state index in [9.17, 15) is 9.59 Å². The number of aryl methyl sites for hydroxylation is 1. The quantitative estimate of drug-likeness (QED) is 0.710. The Morgan fingerprint density at radius 2 is 2.08 bits per heavy atom. The summed E-state index contributed by atoms with van der Waals surface area (Å²) in [6.07, 6.45) is 6.89. The molecule has 3 heterocycles. The van der Waals surface area contributed by atoms with Crippen LogP contribution in [0, 0.1) is 0 Å². The number of carbonyl (C=O) groups is 1. The van der Waals surface area contributed by atoms with Gasteiger partial charge < -0.3 is 4.90 Å². The molecule has 0 saturated carbocycles. The number of rotatable bonds is 4. The lowest BCUT2D eigenvalue weighted by molar-refractivity contribution is 0.0594. The summed E-state index contributed by atoms with van der Waals surface area (Å²) >= 11 is 1.37. The normalized spacial score (nSPS) is 17.5. The van der Waals surface area contributed by atoms with Gasteiger partial charge in [-0.15, -0.1) is 11.3 Å². The summed E-state index contributed by atoms with van der Waals surface area (Å²) in [6.45, 7) is 0.751. The predicted molar refractivity (Wildman–Crippen MR) is 103 cm³/mol. The minimum Gasteiger partial charge on any atom is -0.334 e. The van der Waals surface area contributed by atoms with Gasteiger partial charge in [-0.3, -0.25) is 14.0 Å². The molecule has 0 aliphatic carbocycles. The first-order chi connectivity index (χ1) is 12.7. The van der Waals surface area contributed by atoms with Gasteiger partial charge in [-0.05, 0) is 37.7 Å². The Morgan fingerprint density at radius 3 is 2.92 bits per heavy atom. The Hall–Kier alpha value is -2.47. The fourth-order valence-corrected chi connectivity index (χ4v) is 4.43. The van der Waals surface area contributed by atoms with E-state index in [2.05, 4.69) is 29.2 Å². The van der Waals surface area contributed by atoms with E-state index < -0.39 is 0 Å². The van der Waals surface area contributed by atoms with E-state index in [0.29, 0.717) is 10.7 Å². The number of fused-ring (bicyclic) bond motifs is 1. The van der Waals surface area contributed by atoms with E-state index in [4.69, 9.17) is 0 Å². The number of aromatic nitrogens is 2. The summed E-state index contributed by atoms with van der Waals surface area (Å²) < 4.78 is 1.73. The Bertz CT molecular complexity index is 964. The fourth-order valence-electron chi connectivity index (χ4n) is 3.71. The third-order valence-corrected chi connectivity index (χ3v) is 5.79. The molecule has 6 heteroatoms. The van der Waals surface area contributed by atoms with Crippen LogP contribution in [0.3, 0.4) is 0 Å². The lowest BCUT2D eigenvalue weighted by atomic mass is 9.95. The number of thiazole rings is 1. The lowest BCUT2D eigenvalue weighted by Crippen LogP contribution is -2.44. The highest BCUT2D eigenvalue weighted by atomic mass is 32.1. The largest absolute Gasteiger partial charge is 0.334 e. The molecule has 1 aromatic carbocycles. The number of amides is 1. The molecule has 3 aromatic rings. The van der Waals surface area contributed by atoms with Gasteiger partial charge in [0.05, 0.1) is 0 Å². The molecule has 0 spiro atoms. The van der Waals surface area contributed by atoms with Gasteiger partial charge in [-0.2, -0.15) is 4.98 Å².